The highest BCUT2D eigenvalue weighted by Crippen LogP contribution is 2.01. The molecule has 1 N–H and O–H groups in total. The van der Waals surface area contributed by atoms with Crippen LogP contribution in [0.3, 0.4) is 0 Å². The maximum absolute atomic E-state index is 12.0. The number of hydrogen-bond acceptors (Lipinski definition) is 4. The van der Waals surface area contributed by atoms with Crippen molar-refractivity contribution in [2.24, 2.45) is 0 Å². The third-order valence-electron chi connectivity index (χ3n) is 3.56. The molecule has 0 radical (unpaired) electrons. The van der Waals surface area contributed by atoms with Crippen LogP contribution < -0.4 is 5.32 Å². The van der Waals surface area contributed by atoms with Crippen LogP contribution >= 0.6 is 0 Å². The standard InChI is InChI=1S/C19H27N3O4/c1-5-16(23)10-9-12-21(18(25)7-3)14-15-22(19(26)8-4)13-11-20-17(24)6-2/h5-8H,1-4,9-15H2,(H,20,24). The zero-order valence-electron chi connectivity index (χ0n) is 15.1. The van der Waals surface area contributed by atoms with Crippen molar-refractivity contribution >= 4 is 23.5 Å². The molecular formula is C19H27N3O4. The van der Waals surface area contributed by atoms with Gasteiger partial charge in [-0.15, -0.1) is 0 Å². The van der Waals surface area contributed by atoms with E-state index in [0.717, 1.165) is 6.08 Å². The van der Waals surface area contributed by atoms with Crippen LogP contribution in [0.1, 0.15) is 12.8 Å². The summed E-state index contributed by atoms with van der Waals surface area (Å²) >= 11 is 0. The van der Waals surface area contributed by atoms with Crippen LogP contribution in [-0.4, -0.2) is 66.0 Å². The van der Waals surface area contributed by atoms with E-state index in [-0.39, 0.29) is 49.7 Å². The lowest BCUT2D eigenvalue weighted by Gasteiger charge is -2.27. The molecule has 0 aromatic rings. The Morgan fingerprint density at radius 3 is 1.73 bits per heavy atom. The van der Waals surface area contributed by atoms with Gasteiger partial charge in [0, 0.05) is 39.1 Å². The summed E-state index contributed by atoms with van der Waals surface area (Å²) in [7, 11) is 0. The summed E-state index contributed by atoms with van der Waals surface area (Å²) in [5, 5.41) is 2.59. The second-order valence-electron chi connectivity index (χ2n) is 5.33. The van der Waals surface area contributed by atoms with Gasteiger partial charge in [-0.2, -0.15) is 0 Å². The van der Waals surface area contributed by atoms with Crippen LogP contribution in [0.15, 0.2) is 50.6 Å². The normalized spacial score (nSPS) is 9.54. The molecule has 0 saturated carbocycles. The molecule has 3 amide bonds. The van der Waals surface area contributed by atoms with E-state index in [1.165, 1.54) is 28.0 Å². The molecular weight excluding hydrogens is 334 g/mol. The van der Waals surface area contributed by atoms with Gasteiger partial charge in [0.2, 0.25) is 17.7 Å². The van der Waals surface area contributed by atoms with Gasteiger partial charge in [0.1, 0.15) is 0 Å². The molecule has 26 heavy (non-hydrogen) atoms. The lowest BCUT2D eigenvalue weighted by Crippen LogP contribution is -2.43. The molecule has 0 aliphatic rings. The summed E-state index contributed by atoms with van der Waals surface area (Å²) in [6, 6.07) is 0. The Morgan fingerprint density at radius 1 is 0.731 bits per heavy atom. The molecule has 7 nitrogen and oxygen atoms in total. The van der Waals surface area contributed by atoms with E-state index in [1.54, 1.807) is 0 Å². The van der Waals surface area contributed by atoms with Crippen LogP contribution in [0.4, 0.5) is 0 Å². The van der Waals surface area contributed by atoms with Crippen molar-refractivity contribution in [1.29, 1.82) is 0 Å². The Bertz CT molecular complexity index is 519. The number of ketones is 1. The number of rotatable bonds is 14. The Morgan fingerprint density at radius 2 is 1.27 bits per heavy atom. The average Bonchev–Trinajstić information content (AvgIpc) is 2.66. The minimum absolute atomic E-state index is 0.0857. The third-order valence-corrected chi connectivity index (χ3v) is 3.56. The van der Waals surface area contributed by atoms with E-state index in [0.29, 0.717) is 19.4 Å². The van der Waals surface area contributed by atoms with Crippen molar-refractivity contribution in [2.75, 3.05) is 32.7 Å². The van der Waals surface area contributed by atoms with Gasteiger partial charge in [-0.3, -0.25) is 19.2 Å². The minimum atomic E-state index is -0.327. The number of carbonyl (C=O) groups excluding carboxylic acids is 4. The minimum Gasteiger partial charge on any atom is -0.351 e. The lowest BCUT2D eigenvalue weighted by atomic mass is 10.2. The van der Waals surface area contributed by atoms with Gasteiger partial charge in [-0.1, -0.05) is 26.3 Å². The van der Waals surface area contributed by atoms with Crippen LogP contribution in [0.25, 0.3) is 0 Å². The van der Waals surface area contributed by atoms with Gasteiger partial charge in [0.05, 0.1) is 0 Å². The SMILES string of the molecule is C=CC(=O)CCCN(CCN(CCNC(=O)C=C)C(=O)C=C)C(=O)C=C. The van der Waals surface area contributed by atoms with E-state index >= 15 is 0 Å². The summed E-state index contributed by atoms with van der Waals surface area (Å²) in [5.41, 5.74) is 0. The number of amides is 3. The average molecular weight is 361 g/mol. The van der Waals surface area contributed by atoms with E-state index < -0.39 is 0 Å². The van der Waals surface area contributed by atoms with Gasteiger partial charge >= 0.3 is 0 Å². The molecule has 0 unspecified atom stereocenters. The van der Waals surface area contributed by atoms with Crippen molar-refractivity contribution < 1.29 is 19.2 Å². The molecule has 0 aromatic heterocycles. The summed E-state index contributed by atoms with van der Waals surface area (Å²) < 4.78 is 0. The topological polar surface area (TPSA) is 86.8 Å². The zero-order valence-corrected chi connectivity index (χ0v) is 15.1. The molecule has 0 rings (SSSR count). The first-order chi connectivity index (χ1) is 12.4. The number of nitrogens with zero attached hydrogens (tertiary/aromatic N) is 2. The predicted octanol–water partition coefficient (Wildman–Crippen LogP) is 0.853. The van der Waals surface area contributed by atoms with E-state index in [4.69, 9.17) is 0 Å². The zero-order chi connectivity index (χ0) is 19.9. The first-order valence-electron chi connectivity index (χ1n) is 8.27. The maximum Gasteiger partial charge on any atom is 0.246 e. The van der Waals surface area contributed by atoms with E-state index in [1.807, 2.05) is 0 Å². The monoisotopic (exact) mass is 361 g/mol. The first kappa shape index (κ1) is 23.0. The van der Waals surface area contributed by atoms with Crippen molar-refractivity contribution in [3.63, 3.8) is 0 Å². The Hall–Kier alpha value is -2.96. The fourth-order valence-electron chi connectivity index (χ4n) is 2.10. The third kappa shape index (κ3) is 9.36. The molecule has 0 spiro atoms. The van der Waals surface area contributed by atoms with Gasteiger partial charge in [-0.25, -0.2) is 0 Å². The molecule has 0 heterocycles. The van der Waals surface area contributed by atoms with Crippen molar-refractivity contribution in [3.05, 3.63) is 50.6 Å². The van der Waals surface area contributed by atoms with E-state index in [9.17, 15) is 19.2 Å². The molecule has 7 heteroatoms. The lowest BCUT2D eigenvalue weighted by molar-refractivity contribution is -0.130. The van der Waals surface area contributed by atoms with Crippen LogP contribution in [0.5, 0.6) is 0 Å². The van der Waals surface area contributed by atoms with Crippen LogP contribution in [0, 0.1) is 0 Å². The molecule has 0 fully saturated rings. The van der Waals surface area contributed by atoms with Crippen molar-refractivity contribution in [1.82, 2.24) is 15.1 Å². The molecule has 0 aliphatic carbocycles. The molecule has 0 bridgehead atoms. The fourth-order valence-corrected chi connectivity index (χ4v) is 2.10. The second-order valence-corrected chi connectivity index (χ2v) is 5.33. The second kappa shape index (κ2) is 13.3. The van der Waals surface area contributed by atoms with Gasteiger partial charge < -0.3 is 15.1 Å². The highest BCUT2D eigenvalue weighted by atomic mass is 16.2. The summed E-state index contributed by atoms with van der Waals surface area (Å²) in [4.78, 5) is 49.4. The summed E-state index contributed by atoms with van der Waals surface area (Å²) in [5.74, 6) is -0.989. The quantitative estimate of drug-likeness (QED) is 0.465. The number of carbonyl (C=O) groups is 4. The van der Waals surface area contributed by atoms with Gasteiger partial charge in [0.25, 0.3) is 0 Å². The molecule has 142 valence electrons. The molecule has 0 saturated heterocycles. The number of hydrogen-bond donors (Lipinski definition) is 1. The fraction of sp³-hybridized carbons (Fsp3) is 0.368. The number of nitrogens with one attached hydrogen (secondary N) is 1. The maximum atomic E-state index is 12.0. The Kier molecular flexibility index (Phi) is 11.8. The highest BCUT2D eigenvalue weighted by Gasteiger charge is 2.15. The Labute approximate surface area is 154 Å². The molecule has 0 aliphatic heterocycles. The summed E-state index contributed by atoms with van der Waals surface area (Å²) in [6.45, 7) is 15.1. The smallest absolute Gasteiger partial charge is 0.246 e. The van der Waals surface area contributed by atoms with Gasteiger partial charge in [-0.05, 0) is 30.7 Å². The number of allylic oxidation sites excluding steroid dienone is 1. The first-order valence-corrected chi connectivity index (χ1v) is 8.27. The highest BCUT2D eigenvalue weighted by molar-refractivity contribution is 5.89. The summed E-state index contributed by atoms with van der Waals surface area (Å²) in [6.07, 6.45) is 5.57. The Balaban J connectivity index is 4.70. The largest absolute Gasteiger partial charge is 0.351 e. The van der Waals surface area contributed by atoms with Gasteiger partial charge in [0.15, 0.2) is 5.78 Å². The molecule has 0 aromatic carbocycles. The molecule has 0 atom stereocenters. The van der Waals surface area contributed by atoms with Crippen molar-refractivity contribution in [2.45, 2.75) is 12.8 Å². The predicted molar refractivity (Wildman–Crippen MR) is 101 cm³/mol. The van der Waals surface area contributed by atoms with E-state index in [2.05, 4.69) is 31.6 Å². The van der Waals surface area contributed by atoms with Crippen LogP contribution in [0.2, 0.25) is 0 Å². The van der Waals surface area contributed by atoms with Crippen LogP contribution in [-0.2, 0) is 19.2 Å². The van der Waals surface area contributed by atoms with Crippen molar-refractivity contribution in [3.8, 4) is 0 Å².